The van der Waals surface area contributed by atoms with Crippen LogP contribution in [0.25, 0.3) is 0 Å². The van der Waals surface area contributed by atoms with Crippen LogP contribution >= 0.6 is 0 Å². The molecular formula is C15H23NO3. The van der Waals surface area contributed by atoms with Gasteiger partial charge in [-0.25, -0.2) is 0 Å². The van der Waals surface area contributed by atoms with Crippen LogP contribution in [-0.4, -0.2) is 29.3 Å². The van der Waals surface area contributed by atoms with E-state index in [1.165, 1.54) is 5.56 Å². The average molecular weight is 265 g/mol. The molecule has 2 unspecified atom stereocenters. The maximum absolute atomic E-state index is 10.7. The monoisotopic (exact) mass is 265 g/mol. The molecule has 0 aromatic heterocycles. The van der Waals surface area contributed by atoms with Crippen molar-refractivity contribution in [3.05, 3.63) is 35.4 Å². The Morgan fingerprint density at radius 1 is 1.26 bits per heavy atom. The Morgan fingerprint density at radius 2 is 1.79 bits per heavy atom. The topological polar surface area (TPSA) is 69.6 Å². The number of aliphatic hydroxyl groups is 1. The molecule has 106 valence electrons. The number of aliphatic hydroxyl groups excluding tert-OH is 1. The number of benzene rings is 1. The minimum Gasteiger partial charge on any atom is -0.481 e. The SMILES string of the molecule is CNC(CC(=O)O)C(O)c1ccc(C(C)(C)C)cc1. The highest BCUT2D eigenvalue weighted by molar-refractivity contribution is 5.67. The van der Waals surface area contributed by atoms with E-state index in [1.807, 2.05) is 24.3 Å². The third kappa shape index (κ3) is 4.33. The predicted molar refractivity (Wildman–Crippen MR) is 75.2 cm³/mol. The van der Waals surface area contributed by atoms with E-state index in [9.17, 15) is 9.90 Å². The van der Waals surface area contributed by atoms with E-state index in [4.69, 9.17) is 5.11 Å². The first-order chi connectivity index (χ1) is 8.75. The molecule has 1 aromatic rings. The van der Waals surface area contributed by atoms with Gasteiger partial charge in [0, 0.05) is 6.04 Å². The van der Waals surface area contributed by atoms with Crippen LogP contribution in [0, 0.1) is 0 Å². The molecule has 0 heterocycles. The number of nitrogens with one attached hydrogen (secondary N) is 1. The van der Waals surface area contributed by atoms with Crippen LogP contribution in [-0.2, 0) is 10.2 Å². The number of likely N-dealkylation sites (N-methyl/N-ethyl adjacent to an activating group) is 1. The number of hydrogen-bond acceptors (Lipinski definition) is 3. The van der Waals surface area contributed by atoms with Gasteiger partial charge in [-0.15, -0.1) is 0 Å². The third-order valence-corrected chi connectivity index (χ3v) is 3.26. The molecule has 2 atom stereocenters. The van der Waals surface area contributed by atoms with Crippen LogP contribution in [0.5, 0.6) is 0 Å². The van der Waals surface area contributed by atoms with Crippen molar-refractivity contribution < 1.29 is 15.0 Å². The molecule has 0 aliphatic heterocycles. The largest absolute Gasteiger partial charge is 0.481 e. The highest BCUT2D eigenvalue weighted by Gasteiger charge is 2.22. The first kappa shape index (κ1) is 15.7. The first-order valence-corrected chi connectivity index (χ1v) is 6.43. The van der Waals surface area contributed by atoms with Crippen molar-refractivity contribution >= 4 is 5.97 Å². The molecule has 0 radical (unpaired) electrons. The molecular weight excluding hydrogens is 242 g/mol. The first-order valence-electron chi connectivity index (χ1n) is 6.43. The average Bonchev–Trinajstić information content (AvgIpc) is 2.34. The molecule has 0 spiro atoms. The van der Waals surface area contributed by atoms with Crippen LogP contribution in [0.2, 0.25) is 0 Å². The van der Waals surface area contributed by atoms with Crippen molar-refractivity contribution in [1.82, 2.24) is 5.32 Å². The lowest BCUT2D eigenvalue weighted by atomic mass is 9.86. The van der Waals surface area contributed by atoms with Crippen molar-refractivity contribution in [2.45, 2.75) is 44.8 Å². The quantitative estimate of drug-likeness (QED) is 0.762. The predicted octanol–water partition coefficient (Wildman–Crippen LogP) is 2.08. The molecule has 0 aliphatic rings. The van der Waals surface area contributed by atoms with Crippen molar-refractivity contribution in [2.75, 3.05) is 7.05 Å². The third-order valence-electron chi connectivity index (χ3n) is 3.26. The van der Waals surface area contributed by atoms with Gasteiger partial charge in [-0.2, -0.15) is 0 Å². The summed E-state index contributed by atoms with van der Waals surface area (Å²) < 4.78 is 0. The van der Waals surface area contributed by atoms with Crippen LogP contribution < -0.4 is 5.32 Å². The van der Waals surface area contributed by atoms with E-state index in [0.717, 1.165) is 5.56 Å². The molecule has 1 rings (SSSR count). The van der Waals surface area contributed by atoms with Gasteiger partial charge in [-0.05, 0) is 23.6 Å². The Labute approximate surface area is 114 Å². The standard InChI is InChI=1S/C15H23NO3/c1-15(2,3)11-7-5-10(6-8-11)14(19)12(16-4)9-13(17)18/h5-8,12,14,16,19H,9H2,1-4H3,(H,17,18). The van der Waals surface area contributed by atoms with E-state index in [2.05, 4.69) is 26.1 Å². The Bertz CT molecular complexity index is 420. The number of hydrogen-bond donors (Lipinski definition) is 3. The molecule has 0 aliphatic carbocycles. The van der Waals surface area contributed by atoms with E-state index < -0.39 is 18.1 Å². The lowest BCUT2D eigenvalue weighted by Gasteiger charge is -2.23. The van der Waals surface area contributed by atoms with Crippen LogP contribution in [0.4, 0.5) is 0 Å². The van der Waals surface area contributed by atoms with Gasteiger partial charge in [0.1, 0.15) is 0 Å². The zero-order valence-corrected chi connectivity index (χ0v) is 12.0. The molecule has 0 amide bonds. The number of rotatable bonds is 5. The zero-order valence-electron chi connectivity index (χ0n) is 12.0. The fourth-order valence-corrected chi connectivity index (χ4v) is 1.97. The van der Waals surface area contributed by atoms with E-state index in [-0.39, 0.29) is 11.8 Å². The molecule has 4 nitrogen and oxygen atoms in total. The number of carboxylic acid groups (broad SMARTS) is 1. The van der Waals surface area contributed by atoms with Gasteiger partial charge in [-0.1, -0.05) is 45.0 Å². The van der Waals surface area contributed by atoms with Gasteiger partial charge in [0.05, 0.1) is 12.5 Å². The number of aliphatic carboxylic acids is 1. The summed E-state index contributed by atoms with van der Waals surface area (Å²) in [5.41, 5.74) is 1.98. The number of carbonyl (C=O) groups is 1. The minimum absolute atomic E-state index is 0.0625. The summed E-state index contributed by atoms with van der Waals surface area (Å²) in [7, 11) is 1.65. The number of carboxylic acids is 1. The second-order valence-corrected chi connectivity index (χ2v) is 5.81. The summed E-state index contributed by atoms with van der Waals surface area (Å²) in [5, 5.41) is 21.9. The molecule has 0 saturated heterocycles. The van der Waals surface area contributed by atoms with Crippen LogP contribution in [0.15, 0.2) is 24.3 Å². The van der Waals surface area contributed by atoms with Gasteiger partial charge < -0.3 is 15.5 Å². The lowest BCUT2D eigenvalue weighted by molar-refractivity contribution is -0.138. The lowest BCUT2D eigenvalue weighted by Crippen LogP contribution is -2.34. The van der Waals surface area contributed by atoms with Crippen molar-refractivity contribution in [2.24, 2.45) is 0 Å². The van der Waals surface area contributed by atoms with Gasteiger partial charge >= 0.3 is 5.97 Å². The summed E-state index contributed by atoms with van der Waals surface area (Å²) in [5.74, 6) is -0.926. The highest BCUT2D eigenvalue weighted by atomic mass is 16.4. The normalized spacial score (nSPS) is 15.0. The second kappa shape index (κ2) is 6.17. The minimum atomic E-state index is -0.926. The van der Waals surface area contributed by atoms with Gasteiger partial charge in [0.15, 0.2) is 0 Å². The molecule has 19 heavy (non-hydrogen) atoms. The van der Waals surface area contributed by atoms with E-state index >= 15 is 0 Å². The zero-order chi connectivity index (χ0) is 14.6. The van der Waals surface area contributed by atoms with Gasteiger partial charge in [0.2, 0.25) is 0 Å². The van der Waals surface area contributed by atoms with Crippen molar-refractivity contribution in [3.63, 3.8) is 0 Å². The molecule has 0 fully saturated rings. The molecule has 1 aromatic carbocycles. The molecule has 0 bridgehead atoms. The van der Waals surface area contributed by atoms with Gasteiger partial charge in [-0.3, -0.25) is 4.79 Å². The summed E-state index contributed by atoms with van der Waals surface area (Å²) >= 11 is 0. The van der Waals surface area contributed by atoms with Crippen LogP contribution in [0.1, 0.15) is 44.4 Å². The fraction of sp³-hybridized carbons (Fsp3) is 0.533. The fourth-order valence-electron chi connectivity index (χ4n) is 1.97. The summed E-state index contributed by atoms with van der Waals surface area (Å²) in [4.78, 5) is 10.7. The Kier molecular flexibility index (Phi) is 5.09. The summed E-state index contributed by atoms with van der Waals surface area (Å²) in [6.07, 6.45) is -0.936. The molecule has 3 N–H and O–H groups in total. The summed E-state index contributed by atoms with van der Waals surface area (Å²) in [6.45, 7) is 6.37. The molecule has 0 saturated carbocycles. The maximum Gasteiger partial charge on any atom is 0.305 e. The smallest absolute Gasteiger partial charge is 0.305 e. The van der Waals surface area contributed by atoms with Crippen molar-refractivity contribution in [3.8, 4) is 0 Å². The van der Waals surface area contributed by atoms with Crippen molar-refractivity contribution in [1.29, 1.82) is 0 Å². The van der Waals surface area contributed by atoms with Gasteiger partial charge in [0.25, 0.3) is 0 Å². The molecule has 4 heteroatoms. The Morgan fingerprint density at radius 3 is 2.16 bits per heavy atom. The Balaban J connectivity index is 2.87. The summed E-state index contributed by atoms with van der Waals surface area (Å²) in [6, 6.07) is 7.19. The Hall–Kier alpha value is -1.39. The van der Waals surface area contributed by atoms with E-state index in [0.29, 0.717) is 0 Å². The second-order valence-electron chi connectivity index (χ2n) is 5.81. The van der Waals surface area contributed by atoms with E-state index in [1.54, 1.807) is 7.05 Å². The highest BCUT2D eigenvalue weighted by Crippen LogP contribution is 2.25. The maximum atomic E-state index is 10.7. The van der Waals surface area contributed by atoms with Crippen LogP contribution in [0.3, 0.4) is 0 Å².